The lowest BCUT2D eigenvalue weighted by Gasteiger charge is -2.19. The Morgan fingerprint density at radius 2 is 1.05 bits per heavy atom. The van der Waals surface area contributed by atoms with Gasteiger partial charge in [-0.3, -0.25) is 0 Å². The Morgan fingerprint density at radius 3 is 1.41 bits per heavy atom. The van der Waals surface area contributed by atoms with E-state index in [2.05, 4.69) is 38.8 Å². The molecule has 0 amide bonds. The number of hydrogen-bond acceptors (Lipinski definition) is 1. The lowest BCUT2D eigenvalue weighted by Crippen LogP contribution is -2.16. The highest BCUT2D eigenvalue weighted by Gasteiger charge is 1.98. The van der Waals surface area contributed by atoms with Gasteiger partial charge in [-0.25, -0.2) is 0 Å². The summed E-state index contributed by atoms with van der Waals surface area (Å²) in [7, 11) is 2.21. The molecule has 0 saturated carbocycles. The molecule has 0 aromatic heterocycles. The van der Waals surface area contributed by atoms with Gasteiger partial charge in [0.15, 0.2) is 0 Å². The predicted octanol–water partition coefficient (Wildman–Crippen LogP) is 7.32. The Hall–Kier alpha value is -0.460. The monoisotopic (exact) mass is 309 g/mol. The highest BCUT2D eigenvalue weighted by atomic mass is 15.1. The first-order valence-electron chi connectivity index (χ1n) is 10.1. The van der Waals surface area contributed by atoms with E-state index in [4.69, 9.17) is 0 Å². The summed E-state index contributed by atoms with van der Waals surface area (Å²) >= 11 is 0. The highest BCUT2D eigenvalue weighted by molar-refractivity contribution is 4.93. The van der Waals surface area contributed by atoms with E-state index in [0.29, 0.717) is 0 Å². The average molecular weight is 310 g/mol. The topological polar surface area (TPSA) is 3.24 Å². The van der Waals surface area contributed by atoms with Crippen molar-refractivity contribution in [3.05, 3.63) is 11.8 Å². The lowest BCUT2D eigenvalue weighted by molar-refractivity contribution is 0.397. The largest absolute Gasteiger partial charge is 0.378 e. The van der Waals surface area contributed by atoms with Crippen molar-refractivity contribution in [2.45, 2.75) is 111 Å². The number of hydrogen-bond donors (Lipinski definition) is 0. The maximum Gasteiger partial charge on any atom is 0.0171 e. The van der Waals surface area contributed by atoms with Gasteiger partial charge in [0.2, 0.25) is 0 Å². The van der Waals surface area contributed by atoms with Crippen LogP contribution in [0.5, 0.6) is 0 Å². The zero-order valence-electron chi connectivity index (χ0n) is 16.1. The van der Waals surface area contributed by atoms with E-state index < -0.39 is 0 Å². The Morgan fingerprint density at radius 1 is 0.682 bits per heavy atom. The molecule has 0 atom stereocenters. The van der Waals surface area contributed by atoms with Crippen molar-refractivity contribution >= 4 is 0 Å². The fourth-order valence-electron chi connectivity index (χ4n) is 2.94. The molecule has 132 valence electrons. The van der Waals surface area contributed by atoms with Gasteiger partial charge in [0.05, 0.1) is 0 Å². The Bertz CT molecular complexity index is 244. The Labute approximate surface area is 141 Å². The molecule has 0 aliphatic rings. The maximum atomic E-state index is 2.38. The van der Waals surface area contributed by atoms with Gasteiger partial charge >= 0.3 is 0 Å². The Kier molecular flexibility index (Phi) is 16.5. The zero-order chi connectivity index (χ0) is 16.5. The van der Waals surface area contributed by atoms with E-state index in [1.807, 2.05) is 0 Å². The van der Waals surface area contributed by atoms with E-state index in [9.17, 15) is 0 Å². The van der Waals surface area contributed by atoms with Gasteiger partial charge in [0.25, 0.3) is 0 Å². The van der Waals surface area contributed by atoms with Gasteiger partial charge < -0.3 is 4.90 Å². The van der Waals surface area contributed by atoms with Crippen LogP contribution in [0.1, 0.15) is 111 Å². The second-order valence-corrected chi connectivity index (χ2v) is 6.95. The van der Waals surface area contributed by atoms with Crippen LogP contribution in [0.4, 0.5) is 0 Å². The quantitative estimate of drug-likeness (QED) is 0.270. The van der Waals surface area contributed by atoms with Gasteiger partial charge in [-0.2, -0.15) is 0 Å². The van der Waals surface area contributed by atoms with Crippen molar-refractivity contribution in [2.24, 2.45) is 0 Å². The first-order valence-corrected chi connectivity index (χ1v) is 10.1. The molecule has 0 rings (SSSR count). The van der Waals surface area contributed by atoms with Gasteiger partial charge in [0, 0.05) is 19.3 Å². The summed E-state index contributed by atoms with van der Waals surface area (Å²) < 4.78 is 0. The summed E-state index contributed by atoms with van der Waals surface area (Å²) in [6.07, 6.45) is 22.4. The van der Waals surface area contributed by atoms with Crippen LogP contribution in [0.15, 0.2) is 11.8 Å². The summed E-state index contributed by atoms with van der Waals surface area (Å²) in [5, 5.41) is 0. The molecule has 0 aromatic rings. The number of rotatable bonds is 16. The van der Waals surface area contributed by atoms with E-state index in [-0.39, 0.29) is 0 Å². The smallest absolute Gasteiger partial charge is 0.0171 e. The molecular weight excluding hydrogens is 266 g/mol. The first kappa shape index (κ1) is 21.5. The molecule has 0 radical (unpaired) electrons. The Balaban J connectivity index is 3.11. The molecule has 0 spiro atoms. The van der Waals surface area contributed by atoms with E-state index in [1.54, 1.807) is 0 Å². The molecular formula is C21H43N. The van der Waals surface area contributed by atoms with Crippen LogP contribution in [0.25, 0.3) is 0 Å². The van der Waals surface area contributed by atoms with Gasteiger partial charge in [-0.05, 0) is 20.3 Å². The lowest BCUT2D eigenvalue weighted by atomic mass is 10.0. The minimum atomic E-state index is 1.22. The molecule has 0 fully saturated rings. The molecule has 0 aromatic carbocycles. The summed E-state index contributed by atoms with van der Waals surface area (Å²) in [6.45, 7) is 7.83. The molecule has 0 heterocycles. The number of allylic oxidation sites excluding steroid dienone is 2. The minimum Gasteiger partial charge on any atom is -0.378 e. The van der Waals surface area contributed by atoms with E-state index >= 15 is 0 Å². The van der Waals surface area contributed by atoms with Gasteiger partial charge in [-0.1, -0.05) is 96.5 Å². The van der Waals surface area contributed by atoms with Crippen molar-refractivity contribution in [3.63, 3.8) is 0 Å². The summed E-state index contributed by atoms with van der Waals surface area (Å²) in [5.41, 5.74) is 1.40. The van der Waals surface area contributed by atoms with Crippen LogP contribution in [-0.4, -0.2) is 18.5 Å². The normalized spacial score (nSPS) is 11.9. The third-order valence-corrected chi connectivity index (χ3v) is 4.87. The highest BCUT2D eigenvalue weighted by Crippen LogP contribution is 2.13. The average Bonchev–Trinajstić information content (AvgIpc) is 2.54. The molecule has 0 N–H and O–H groups in total. The van der Waals surface area contributed by atoms with Crippen LogP contribution >= 0.6 is 0 Å². The molecule has 0 aliphatic heterocycles. The SMILES string of the molecule is C/C=C(\C)N(C)CCCCCCCCCCCCCCCC. The van der Waals surface area contributed by atoms with Gasteiger partial charge in [0.1, 0.15) is 0 Å². The third kappa shape index (κ3) is 14.5. The molecule has 0 unspecified atom stereocenters. The summed E-state index contributed by atoms with van der Waals surface area (Å²) in [6, 6.07) is 0. The number of nitrogens with zero attached hydrogens (tertiary/aromatic N) is 1. The second-order valence-electron chi connectivity index (χ2n) is 6.95. The zero-order valence-corrected chi connectivity index (χ0v) is 16.1. The fourth-order valence-corrected chi connectivity index (χ4v) is 2.94. The molecule has 22 heavy (non-hydrogen) atoms. The van der Waals surface area contributed by atoms with Gasteiger partial charge in [-0.15, -0.1) is 0 Å². The van der Waals surface area contributed by atoms with E-state index in [1.165, 1.54) is 102 Å². The second kappa shape index (κ2) is 16.9. The van der Waals surface area contributed by atoms with Crippen LogP contribution in [0.3, 0.4) is 0 Å². The van der Waals surface area contributed by atoms with Crippen LogP contribution in [0, 0.1) is 0 Å². The van der Waals surface area contributed by atoms with Crippen molar-refractivity contribution < 1.29 is 0 Å². The minimum absolute atomic E-state index is 1.22. The molecule has 0 aliphatic carbocycles. The molecule has 0 saturated heterocycles. The molecule has 1 heteroatoms. The summed E-state index contributed by atoms with van der Waals surface area (Å²) in [5.74, 6) is 0. The molecule has 1 nitrogen and oxygen atoms in total. The van der Waals surface area contributed by atoms with Crippen LogP contribution in [0.2, 0.25) is 0 Å². The van der Waals surface area contributed by atoms with Crippen molar-refractivity contribution in [2.75, 3.05) is 13.6 Å². The standard InChI is InChI=1S/C21H43N/c1-5-7-8-9-10-11-12-13-14-15-16-17-18-19-20-22(4)21(3)6-2/h6H,5,7-20H2,1-4H3/b21-6+. The summed E-state index contributed by atoms with van der Waals surface area (Å²) in [4.78, 5) is 2.38. The fraction of sp³-hybridized carbons (Fsp3) is 0.905. The van der Waals surface area contributed by atoms with Crippen LogP contribution < -0.4 is 0 Å². The third-order valence-electron chi connectivity index (χ3n) is 4.87. The predicted molar refractivity (Wildman–Crippen MR) is 102 cm³/mol. The first-order chi connectivity index (χ1) is 10.7. The number of unbranched alkanes of at least 4 members (excludes halogenated alkanes) is 13. The maximum absolute atomic E-state index is 2.38. The molecule has 0 bridgehead atoms. The van der Waals surface area contributed by atoms with Crippen molar-refractivity contribution in [1.82, 2.24) is 4.90 Å². The van der Waals surface area contributed by atoms with E-state index in [0.717, 1.165) is 0 Å². The van der Waals surface area contributed by atoms with Crippen molar-refractivity contribution in [3.8, 4) is 0 Å². The van der Waals surface area contributed by atoms with Crippen LogP contribution in [-0.2, 0) is 0 Å². The van der Waals surface area contributed by atoms with Crippen molar-refractivity contribution in [1.29, 1.82) is 0 Å².